The minimum atomic E-state index is -0.683. The predicted octanol–water partition coefficient (Wildman–Crippen LogP) is 2.78. The summed E-state index contributed by atoms with van der Waals surface area (Å²) in [6, 6.07) is 3.23. The molecular weight excluding hydrogens is 244 g/mol. The van der Waals surface area contributed by atoms with E-state index in [9.17, 15) is 13.6 Å². The third-order valence-corrected chi connectivity index (χ3v) is 3.01. The first-order valence-corrected chi connectivity index (χ1v) is 5.87. The van der Waals surface area contributed by atoms with Crippen molar-refractivity contribution in [3.8, 4) is 0 Å². The van der Waals surface area contributed by atoms with E-state index < -0.39 is 11.6 Å². The zero-order chi connectivity index (χ0) is 12.3. The molecule has 0 aliphatic heterocycles. The van der Waals surface area contributed by atoms with Crippen molar-refractivity contribution < 1.29 is 13.6 Å². The van der Waals surface area contributed by atoms with Gasteiger partial charge in [0.15, 0.2) is 0 Å². The number of rotatable bonds is 4. The molecule has 0 spiro atoms. The van der Waals surface area contributed by atoms with Gasteiger partial charge in [-0.2, -0.15) is 0 Å². The Morgan fingerprint density at radius 3 is 2.76 bits per heavy atom. The summed E-state index contributed by atoms with van der Waals surface area (Å²) in [5.41, 5.74) is 0.216. The van der Waals surface area contributed by atoms with Crippen molar-refractivity contribution in [2.45, 2.75) is 12.8 Å². The molecule has 2 nitrogen and oxygen atoms in total. The van der Waals surface area contributed by atoms with Crippen LogP contribution in [-0.2, 0) is 17.6 Å². The van der Waals surface area contributed by atoms with Crippen molar-refractivity contribution in [3.63, 3.8) is 0 Å². The van der Waals surface area contributed by atoms with Crippen LogP contribution in [-0.4, -0.2) is 10.8 Å². The fraction of sp³-hybridized carbons (Fsp3) is 0.167. The number of benzene rings is 1. The molecule has 0 radical (unpaired) electrons. The van der Waals surface area contributed by atoms with Crippen LogP contribution in [0, 0.1) is 11.6 Å². The van der Waals surface area contributed by atoms with Crippen LogP contribution in [0.25, 0.3) is 0 Å². The molecule has 2 rings (SSSR count). The molecule has 0 aliphatic rings. The number of Topliss-reactive ketones (excluding diaryl/α,β-unsaturated/α-hetero) is 1. The number of thiazole rings is 1. The van der Waals surface area contributed by atoms with Gasteiger partial charge >= 0.3 is 0 Å². The van der Waals surface area contributed by atoms with Crippen molar-refractivity contribution >= 4 is 17.1 Å². The lowest BCUT2D eigenvalue weighted by Gasteiger charge is -2.01. The van der Waals surface area contributed by atoms with Crippen LogP contribution in [0.1, 0.15) is 10.6 Å². The van der Waals surface area contributed by atoms with Crippen LogP contribution in [0.3, 0.4) is 0 Å². The van der Waals surface area contributed by atoms with Crippen LogP contribution >= 0.6 is 11.3 Å². The maximum absolute atomic E-state index is 13.3. The van der Waals surface area contributed by atoms with E-state index in [0.717, 1.165) is 12.1 Å². The number of aromatic nitrogens is 1. The molecule has 17 heavy (non-hydrogen) atoms. The molecule has 1 aromatic carbocycles. The highest BCUT2D eigenvalue weighted by Crippen LogP contribution is 2.12. The normalized spacial score (nSPS) is 10.5. The van der Waals surface area contributed by atoms with Crippen LogP contribution in [0.5, 0.6) is 0 Å². The molecule has 0 aliphatic carbocycles. The van der Waals surface area contributed by atoms with E-state index in [-0.39, 0.29) is 24.2 Å². The standard InChI is InChI=1S/C12H9F2NOS/c13-9-2-1-8(11(14)6-9)5-10(16)7-12-15-3-4-17-12/h1-4,6H,5,7H2. The first-order chi connectivity index (χ1) is 8.15. The summed E-state index contributed by atoms with van der Waals surface area (Å²) in [4.78, 5) is 15.6. The van der Waals surface area contributed by atoms with E-state index in [0.29, 0.717) is 5.01 Å². The maximum Gasteiger partial charge on any atom is 0.144 e. The van der Waals surface area contributed by atoms with Gasteiger partial charge in [0.2, 0.25) is 0 Å². The van der Waals surface area contributed by atoms with Crippen molar-refractivity contribution in [3.05, 3.63) is 52.0 Å². The van der Waals surface area contributed by atoms with Crippen LogP contribution in [0.15, 0.2) is 29.8 Å². The maximum atomic E-state index is 13.3. The van der Waals surface area contributed by atoms with Crippen LogP contribution in [0.2, 0.25) is 0 Å². The summed E-state index contributed by atoms with van der Waals surface area (Å²) in [6.45, 7) is 0. The molecule has 0 saturated heterocycles. The largest absolute Gasteiger partial charge is 0.299 e. The number of hydrogen-bond acceptors (Lipinski definition) is 3. The van der Waals surface area contributed by atoms with Gasteiger partial charge in [-0.1, -0.05) is 6.07 Å². The molecule has 0 saturated carbocycles. The van der Waals surface area contributed by atoms with E-state index in [1.165, 1.54) is 17.4 Å². The monoisotopic (exact) mass is 253 g/mol. The third kappa shape index (κ3) is 3.17. The minimum absolute atomic E-state index is 0.0360. The van der Waals surface area contributed by atoms with Gasteiger partial charge in [-0.25, -0.2) is 13.8 Å². The molecule has 0 amide bonds. The van der Waals surface area contributed by atoms with E-state index in [1.54, 1.807) is 11.6 Å². The lowest BCUT2D eigenvalue weighted by Crippen LogP contribution is -2.07. The fourth-order valence-electron chi connectivity index (χ4n) is 1.45. The summed E-state index contributed by atoms with van der Waals surface area (Å²) in [7, 11) is 0. The van der Waals surface area contributed by atoms with Gasteiger partial charge in [0.25, 0.3) is 0 Å². The van der Waals surface area contributed by atoms with Gasteiger partial charge in [0.05, 0.1) is 11.4 Å². The second-order valence-electron chi connectivity index (χ2n) is 3.55. The van der Waals surface area contributed by atoms with Crippen molar-refractivity contribution in [2.75, 3.05) is 0 Å². The Morgan fingerprint density at radius 2 is 2.12 bits per heavy atom. The molecule has 5 heteroatoms. The number of halogens is 2. The number of carbonyl (C=O) groups is 1. The summed E-state index contributed by atoms with van der Waals surface area (Å²) >= 11 is 1.38. The number of nitrogens with zero attached hydrogens (tertiary/aromatic N) is 1. The second-order valence-corrected chi connectivity index (χ2v) is 4.53. The molecule has 0 unspecified atom stereocenters. The zero-order valence-corrected chi connectivity index (χ0v) is 9.64. The Kier molecular flexibility index (Phi) is 3.58. The first kappa shape index (κ1) is 11.9. The Morgan fingerprint density at radius 1 is 1.29 bits per heavy atom. The quantitative estimate of drug-likeness (QED) is 0.838. The first-order valence-electron chi connectivity index (χ1n) is 4.99. The smallest absolute Gasteiger partial charge is 0.144 e. The van der Waals surface area contributed by atoms with Gasteiger partial charge < -0.3 is 0 Å². The van der Waals surface area contributed by atoms with Crippen LogP contribution in [0.4, 0.5) is 8.78 Å². The van der Waals surface area contributed by atoms with Crippen molar-refractivity contribution in [1.29, 1.82) is 0 Å². The highest BCUT2D eigenvalue weighted by Gasteiger charge is 2.10. The average Bonchev–Trinajstić information content (AvgIpc) is 2.75. The molecule has 0 N–H and O–H groups in total. The van der Waals surface area contributed by atoms with Gasteiger partial charge in [0.1, 0.15) is 17.4 Å². The fourth-order valence-corrected chi connectivity index (χ4v) is 2.09. The van der Waals surface area contributed by atoms with E-state index in [1.807, 2.05) is 0 Å². The molecule has 0 atom stereocenters. The highest BCUT2D eigenvalue weighted by atomic mass is 32.1. The summed E-state index contributed by atoms with van der Waals surface area (Å²) in [6.07, 6.45) is 1.77. The van der Waals surface area contributed by atoms with Gasteiger partial charge in [0, 0.05) is 24.1 Å². The second kappa shape index (κ2) is 5.14. The lowest BCUT2D eigenvalue weighted by atomic mass is 10.1. The zero-order valence-electron chi connectivity index (χ0n) is 8.82. The van der Waals surface area contributed by atoms with E-state index >= 15 is 0 Å². The average molecular weight is 253 g/mol. The summed E-state index contributed by atoms with van der Waals surface area (Å²) in [5, 5.41) is 2.48. The number of hydrogen-bond donors (Lipinski definition) is 0. The summed E-state index contributed by atoms with van der Waals surface area (Å²) < 4.78 is 25.9. The number of carbonyl (C=O) groups excluding carboxylic acids is 1. The van der Waals surface area contributed by atoms with Gasteiger partial charge in [-0.3, -0.25) is 4.79 Å². The molecule has 0 bridgehead atoms. The van der Waals surface area contributed by atoms with Crippen molar-refractivity contribution in [1.82, 2.24) is 4.98 Å². The molecular formula is C12H9F2NOS. The number of ketones is 1. The lowest BCUT2D eigenvalue weighted by molar-refractivity contribution is -0.117. The summed E-state index contributed by atoms with van der Waals surface area (Å²) in [5.74, 6) is -1.46. The van der Waals surface area contributed by atoms with Gasteiger partial charge in [-0.05, 0) is 11.6 Å². The molecule has 0 fully saturated rings. The molecule has 88 valence electrons. The Hall–Kier alpha value is -1.62. The van der Waals surface area contributed by atoms with Crippen molar-refractivity contribution in [2.24, 2.45) is 0 Å². The Balaban J connectivity index is 2.03. The predicted molar refractivity (Wildman–Crippen MR) is 60.9 cm³/mol. The highest BCUT2D eigenvalue weighted by molar-refractivity contribution is 7.09. The van der Waals surface area contributed by atoms with Gasteiger partial charge in [-0.15, -0.1) is 11.3 Å². The van der Waals surface area contributed by atoms with E-state index in [2.05, 4.69) is 4.98 Å². The van der Waals surface area contributed by atoms with E-state index in [4.69, 9.17) is 0 Å². The third-order valence-electron chi connectivity index (χ3n) is 2.23. The Labute approximate surface area is 101 Å². The minimum Gasteiger partial charge on any atom is -0.299 e. The SMILES string of the molecule is O=C(Cc1nccs1)Cc1ccc(F)cc1F. The molecule has 1 heterocycles. The molecule has 2 aromatic rings. The Bertz CT molecular complexity index is 525. The van der Waals surface area contributed by atoms with Crippen LogP contribution < -0.4 is 0 Å². The molecule has 1 aromatic heterocycles. The topological polar surface area (TPSA) is 30.0 Å².